The van der Waals surface area contributed by atoms with E-state index in [9.17, 15) is 0 Å². The molecule has 2 saturated heterocycles. The molecule has 0 unspecified atom stereocenters. The van der Waals surface area contributed by atoms with Crippen LogP contribution in [0.2, 0.25) is 0 Å². The van der Waals surface area contributed by atoms with E-state index in [1.165, 1.54) is 45.3 Å². The number of rotatable bonds is 1. The zero-order chi connectivity index (χ0) is 10.9. The van der Waals surface area contributed by atoms with E-state index < -0.39 is 0 Å². The predicted octanol–water partition coefficient (Wildman–Crippen LogP) is 2.25. The van der Waals surface area contributed by atoms with Crippen LogP contribution >= 0.6 is 0 Å². The molecule has 2 atom stereocenters. The number of nitrogens with one attached hydrogen (secondary N) is 1. The fourth-order valence-electron chi connectivity index (χ4n) is 3.15. The molecule has 0 spiro atoms. The number of nitrogens with zero attached hydrogens (tertiary/aromatic N) is 1. The molecule has 0 aromatic heterocycles. The molecule has 0 saturated carbocycles. The molecule has 2 fully saturated rings. The van der Waals surface area contributed by atoms with Crippen LogP contribution in [0.25, 0.3) is 0 Å². The second-order valence-corrected chi connectivity index (χ2v) is 6.44. The van der Waals surface area contributed by atoms with E-state index in [1.54, 1.807) is 0 Å². The summed E-state index contributed by atoms with van der Waals surface area (Å²) in [6.45, 7) is 10.9. The summed E-state index contributed by atoms with van der Waals surface area (Å²) >= 11 is 0. The van der Waals surface area contributed by atoms with Crippen LogP contribution in [0.15, 0.2) is 0 Å². The standard InChI is InChI=1S/C13H26N2/c1-13(2,3)10-15-9-5-6-11-12(15)7-4-8-14-11/h11-12,14H,4-10H2,1-3H3/t11-,12-/m0/s1. The Morgan fingerprint density at radius 1 is 1.20 bits per heavy atom. The fourth-order valence-corrected chi connectivity index (χ4v) is 3.15. The van der Waals surface area contributed by atoms with Crippen molar-refractivity contribution in [3.63, 3.8) is 0 Å². The SMILES string of the molecule is CC(C)(C)CN1CCC[C@@H]2NCCC[C@@H]21. The van der Waals surface area contributed by atoms with Gasteiger partial charge in [0.15, 0.2) is 0 Å². The highest BCUT2D eigenvalue weighted by Crippen LogP contribution is 2.27. The quantitative estimate of drug-likeness (QED) is 0.714. The molecule has 0 aromatic carbocycles. The molecule has 2 rings (SSSR count). The Hall–Kier alpha value is -0.0800. The first-order chi connectivity index (χ1) is 7.06. The van der Waals surface area contributed by atoms with Gasteiger partial charge in [0.25, 0.3) is 0 Å². The Morgan fingerprint density at radius 2 is 2.00 bits per heavy atom. The molecule has 2 nitrogen and oxygen atoms in total. The van der Waals surface area contributed by atoms with Crippen LogP contribution in [0, 0.1) is 5.41 Å². The third-order valence-electron chi connectivity index (χ3n) is 3.65. The minimum Gasteiger partial charge on any atom is -0.312 e. The molecule has 0 amide bonds. The lowest BCUT2D eigenvalue weighted by Gasteiger charge is -2.46. The van der Waals surface area contributed by atoms with E-state index in [0.29, 0.717) is 5.41 Å². The topological polar surface area (TPSA) is 15.3 Å². The Balaban J connectivity index is 1.97. The Bertz CT molecular complexity index is 205. The Kier molecular flexibility index (Phi) is 3.36. The molecule has 0 aliphatic carbocycles. The molecule has 88 valence electrons. The third-order valence-corrected chi connectivity index (χ3v) is 3.65. The highest BCUT2D eigenvalue weighted by molar-refractivity contribution is 4.93. The van der Waals surface area contributed by atoms with Crippen LogP contribution in [0.4, 0.5) is 0 Å². The number of fused-ring (bicyclic) bond motifs is 1. The van der Waals surface area contributed by atoms with Crippen LogP contribution in [-0.2, 0) is 0 Å². The van der Waals surface area contributed by atoms with Gasteiger partial charge in [-0.25, -0.2) is 0 Å². The normalized spacial score (nSPS) is 33.8. The third kappa shape index (κ3) is 2.94. The van der Waals surface area contributed by atoms with Gasteiger partial charge in [-0.2, -0.15) is 0 Å². The van der Waals surface area contributed by atoms with Crippen LogP contribution < -0.4 is 5.32 Å². The lowest BCUT2D eigenvalue weighted by Crippen LogP contribution is -2.58. The molecule has 15 heavy (non-hydrogen) atoms. The highest BCUT2D eigenvalue weighted by atomic mass is 15.2. The van der Waals surface area contributed by atoms with Gasteiger partial charge >= 0.3 is 0 Å². The zero-order valence-electron chi connectivity index (χ0n) is 10.6. The largest absolute Gasteiger partial charge is 0.312 e. The second-order valence-electron chi connectivity index (χ2n) is 6.44. The molecule has 0 aromatic rings. The average molecular weight is 210 g/mol. The van der Waals surface area contributed by atoms with Crippen LogP contribution in [0.3, 0.4) is 0 Å². The van der Waals surface area contributed by atoms with Crippen molar-refractivity contribution in [1.29, 1.82) is 0 Å². The number of piperidine rings is 2. The van der Waals surface area contributed by atoms with Gasteiger partial charge in [-0.1, -0.05) is 20.8 Å². The molecule has 2 aliphatic heterocycles. The summed E-state index contributed by atoms with van der Waals surface area (Å²) in [5.41, 5.74) is 0.444. The van der Waals surface area contributed by atoms with Crippen molar-refractivity contribution in [3.05, 3.63) is 0 Å². The number of hydrogen-bond acceptors (Lipinski definition) is 2. The molecule has 0 radical (unpaired) electrons. The summed E-state index contributed by atoms with van der Waals surface area (Å²) < 4.78 is 0. The minimum absolute atomic E-state index is 0.444. The molecule has 2 aliphatic rings. The first kappa shape index (κ1) is 11.4. The summed E-state index contributed by atoms with van der Waals surface area (Å²) in [5.74, 6) is 0. The Morgan fingerprint density at radius 3 is 2.73 bits per heavy atom. The van der Waals surface area contributed by atoms with Crippen molar-refractivity contribution in [2.45, 2.75) is 58.5 Å². The van der Waals surface area contributed by atoms with Gasteiger partial charge < -0.3 is 5.32 Å². The summed E-state index contributed by atoms with van der Waals surface area (Å²) in [4.78, 5) is 2.74. The number of hydrogen-bond donors (Lipinski definition) is 1. The summed E-state index contributed by atoms with van der Waals surface area (Å²) in [6, 6.07) is 1.61. The smallest absolute Gasteiger partial charge is 0.0250 e. The monoisotopic (exact) mass is 210 g/mol. The van der Waals surface area contributed by atoms with Crippen molar-refractivity contribution < 1.29 is 0 Å². The maximum absolute atomic E-state index is 3.70. The van der Waals surface area contributed by atoms with Gasteiger partial charge in [0, 0.05) is 18.6 Å². The van der Waals surface area contributed by atoms with Gasteiger partial charge in [0.2, 0.25) is 0 Å². The second kappa shape index (κ2) is 4.42. The first-order valence-electron chi connectivity index (χ1n) is 6.54. The molecule has 0 bridgehead atoms. The molecule has 1 N–H and O–H groups in total. The van der Waals surface area contributed by atoms with Crippen molar-refractivity contribution in [1.82, 2.24) is 10.2 Å². The fraction of sp³-hybridized carbons (Fsp3) is 1.00. The average Bonchev–Trinajstić information content (AvgIpc) is 2.16. The summed E-state index contributed by atoms with van der Waals surface area (Å²) in [6.07, 6.45) is 5.55. The van der Waals surface area contributed by atoms with E-state index in [4.69, 9.17) is 0 Å². The van der Waals surface area contributed by atoms with Crippen LogP contribution in [0.5, 0.6) is 0 Å². The van der Waals surface area contributed by atoms with E-state index in [0.717, 1.165) is 12.1 Å². The van der Waals surface area contributed by atoms with Gasteiger partial charge in [0.1, 0.15) is 0 Å². The van der Waals surface area contributed by atoms with Crippen LogP contribution in [-0.4, -0.2) is 36.6 Å². The lowest BCUT2D eigenvalue weighted by atomic mass is 9.86. The van der Waals surface area contributed by atoms with Crippen molar-refractivity contribution in [2.24, 2.45) is 5.41 Å². The molecule has 2 heterocycles. The highest BCUT2D eigenvalue weighted by Gasteiger charge is 2.34. The van der Waals surface area contributed by atoms with Gasteiger partial charge in [-0.3, -0.25) is 4.90 Å². The maximum atomic E-state index is 3.70. The molecular weight excluding hydrogens is 184 g/mol. The van der Waals surface area contributed by atoms with E-state index >= 15 is 0 Å². The van der Waals surface area contributed by atoms with Gasteiger partial charge in [-0.15, -0.1) is 0 Å². The predicted molar refractivity (Wildman–Crippen MR) is 65.1 cm³/mol. The number of likely N-dealkylation sites (tertiary alicyclic amines) is 1. The lowest BCUT2D eigenvalue weighted by molar-refractivity contribution is 0.0577. The zero-order valence-corrected chi connectivity index (χ0v) is 10.6. The molecule has 2 heteroatoms. The minimum atomic E-state index is 0.444. The molecular formula is C13H26N2. The first-order valence-corrected chi connectivity index (χ1v) is 6.54. The van der Waals surface area contributed by atoms with E-state index in [2.05, 4.69) is 31.0 Å². The van der Waals surface area contributed by atoms with E-state index in [1.807, 2.05) is 0 Å². The maximum Gasteiger partial charge on any atom is 0.0250 e. The van der Waals surface area contributed by atoms with Crippen LogP contribution in [0.1, 0.15) is 46.5 Å². The van der Waals surface area contributed by atoms with Crippen molar-refractivity contribution >= 4 is 0 Å². The van der Waals surface area contributed by atoms with E-state index in [-0.39, 0.29) is 0 Å². The summed E-state index contributed by atoms with van der Waals surface area (Å²) in [5, 5.41) is 3.70. The van der Waals surface area contributed by atoms with Crippen molar-refractivity contribution in [2.75, 3.05) is 19.6 Å². The summed E-state index contributed by atoms with van der Waals surface area (Å²) in [7, 11) is 0. The Labute approximate surface area is 94.4 Å². The van der Waals surface area contributed by atoms with Gasteiger partial charge in [0.05, 0.1) is 0 Å². The van der Waals surface area contributed by atoms with Crippen molar-refractivity contribution in [3.8, 4) is 0 Å². The van der Waals surface area contributed by atoms with Gasteiger partial charge in [-0.05, 0) is 44.2 Å².